The monoisotopic (exact) mass is 433 g/mol. The van der Waals surface area contributed by atoms with Crippen molar-refractivity contribution in [2.75, 3.05) is 27.2 Å². The fraction of sp³-hybridized carbons (Fsp3) is 0.462. The maximum atomic E-state index is 13.1. The Hall–Kier alpha value is -2.70. The number of hydrogen-bond donors (Lipinski definition) is 2. The van der Waals surface area contributed by atoms with Crippen molar-refractivity contribution in [1.82, 2.24) is 25.1 Å². The van der Waals surface area contributed by atoms with E-state index in [-0.39, 0.29) is 18.0 Å². The molecule has 0 fully saturated rings. The van der Waals surface area contributed by atoms with Crippen LogP contribution < -0.4 is 10.6 Å². The molecule has 4 rings (SSSR count). The molecule has 0 saturated carbocycles. The molecule has 0 unspecified atom stereocenters. The molecule has 32 heavy (non-hydrogen) atoms. The van der Waals surface area contributed by atoms with Gasteiger partial charge in [-0.25, -0.2) is 0 Å². The highest BCUT2D eigenvalue weighted by Gasteiger charge is 2.30. The number of pyridine rings is 1. The van der Waals surface area contributed by atoms with E-state index in [0.717, 1.165) is 19.5 Å². The quantitative estimate of drug-likeness (QED) is 0.572. The van der Waals surface area contributed by atoms with E-state index in [4.69, 9.17) is 0 Å². The summed E-state index contributed by atoms with van der Waals surface area (Å²) in [4.78, 5) is 19.4. The van der Waals surface area contributed by atoms with Gasteiger partial charge in [-0.15, -0.1) is 0 Å². The standard InChI is InChI=1S/C26H35N5O/c1-18(2)14-22-21-6-5-7-24-25(21)20(17-31(24)16-19-8-10-27-11-9-19)15-23(29-22)26(32)28-12-13-30(3)4/h5-11,17-18,22-23,29H,12-16H2,1-4H3,(H,28,32)/t22-,23-/m0/s1. The highest BCUT2D eigenvalue weighted by atomic mass is 16.2. The average molecular weight is 434 g/mol. The van der Waals surface area contributed by atoms with Crippen LogP contribution in [0.25, 0.3) is 10.9 Å². The minimum atomic E-state index is -0.242. The maximum Gasteiger partial charge on any atom is 0.237 e. The Morgan fingerprint density at radius 3 is 2.75 bits per heavy atom. The molecule has 1 aromatic carbocycles. The molecule has 3 heterocycles. The molecule has 2 atom stereocenters. The average Bonchev–Trinajstić information content (AvgIpc) is 3.01. The minimum absolute atomic E-state index is 0.0865. The van der Waals surface area contributed by atoms with Gasteiger partial charge in [-0.1, -0.05) is 26.0 Å². The van der Waals surface area contributed by atoms with Crippen LogP contribution in [0.3, 0.4) is 0 Å². The van der Waals surface area contributed by atoms with Gasteiger partial charge in [-0.05, 0) is 67.7 Å². The molecule has 0 spiro atoms. The number of carbonyl (C=O) groups excluding carboxylic acids is 1. The van der Waals surface area contributed by atoms with E-state index in [1.807, 2.05) is 26.5 Å². The van der Waals surface area contributed by atoms with Crippen molar-refractivity contribution in [1.29, 1.82) is 0 Å². The third-order valence-corrected chi connectivity index (χ3v) is 6.20. The predicted molar refractivity (Wildman–Crippen MR) is 130 cm³/mol. The molecule has 2 N–H and O–H groups in total. The molecule has 1 aliphatic rings. The number of amides is 1. The lowest BCUT2D eigenvalue weighted by atomic mass is 9.94. The van der Waals surface area contributed by atoms with Crippen molar-refractivity contribution in [3.63, 3.8) is 0 Å². The summed E-state index contributed by atoms with van der Waals surface area (Å²) in [7, 11) is 4.04. The van der Waals surface area contributed by atoms with Crippen molar-refractivity contribution in [2.45, 2.75) is 45.3 Å². The highest BCUT2D eigenvalue weighted by molar-refractivity contribution is 5.90. The number of likely N-dealkylation sites (N-methyl/N-ethyl adjacent to an activating group) is 1. The SMILES string of the molecule is CC(C)C[C@@H]1N[C@H](C(=O)NCCN(C)C)Cc2cn(Cc3ccncc3)c3cccc1c23. The molecule has 6 nitrogen and oxygen atoms in total. The van der Waals surface area contributed by atoms with Crippen molar-refractivity contribution in [2.24, 2.45) is 5.92 Å². The Balaban J connectivity index is 1.69. The molecular weight excluding hydrogens is 398 g/mol. The zero-order valence-electron chi connectivity index (χ0n) is 19.6. The normalized spacial score (nSPS) is 18.3. The lowest BCUT2D eigenvalue weighted by Crippen LogP contribution is -2.47. The molecule has 0 saturated heterocycles. The number of carbonyl (C=O) groups is 1. The number of hydrogen-bond acceptors (Lipinski definition) is 4. The van der Waals surface area contributed by atoms with Gasteiger partial charge in [0.25, 0.3) is 0 Å². The van der Waals surface area contributed by atoms with Crippen LogP contribution in [0.5, 0.6) is 0 Å². The summed E-state index contributed by atoms with van der Waals surface area (Å²) in [5.74, 6) is 0.615. The number of aromatic nitrogens is 2. The topological polar surface area (TPSA) is 62.2 Å². The van der Waals surface area contributed by atoms with Crippen LogP contribution in [0.2, 0.25) is 0 Å². The van der Waals surface area contributed by atoms with Gasteiger partial charge in [0.1, 0.15) is 0 Å². The summed E-state index contributed by atoms with van der Waals surface area (Å²) >= 11 is 0. The minimum Gasteiger partial charge on any atom is -0.353 e. The van der Waals surface area contributed by atoms with Crippen LogP contribution in [0, 0.1) is 5.92 Å². The number of nitrogens with one attached hydrogen (secondary N) is 2. The second-order valence-electron chi connectivity index (χ2n) is 9.58. The second kappa shape index (κ2) is 9.84. The van der Waals surface area contributed by atoms with Gasteiger partial charge in [-0.2, -0.15) is 0 Å². The fourth-order valence-corrected chi connectivity index (χ4v) is 4.70. The van der Waals surface area contributed by atoms with Gasteiger partial charge >= 0.3 is 0 Å². The van der Waals surface area contributed by atoms with Crippen molar-refractivity contribution in [3.05, 3.63) is 65.6 Å². The third-order valence-electron chi connectivity index (χ3n) is 6.20. The third kappa shape index (κ3) is 5.03. The summed E-state index contributed by atoms with van der Waals surface area (Å²) in [5, 5.41) is 8.15. The van der Waals surface area contributed by atoms with Gasteiger partial charge in [0.2, 0.25) is 5.91 Å². The van der Waals surface area contributed by atoms with Crippen LogP contribution in [-0.2, 0) is 17.8 Å². The lowest BCUT2D eigenvalue weighted by molar-refractivity contribution is -0.123. The van der Waals surface area contributed by atoms with E-state index in [0.29, 0.717) is 18.9 Å². The smallest absolute Gasteiger partial charge is 0.237 e. The van der Waals surface area contributed by atoms with Gasteiger partial charge in [0.15, 0.2) is 0 Å². The van der Waals surface area contributed by atoms with E-state index in [1.54, 1.807) is 0 Å². The highest BCUT2D eigenvalue weighted by Crippen LogP contribution is 2.36. The van der Waals surface area contributed by atoms with E-state index < -0.39 is 0 Å². The Bertz CT molecular complexity index is 1060. The summed E-state index contributed by atoms with van der Waals surface area (Å²) in [6, 6.07) is 10.6. The van der Waals surface area contributed by atoms with Crippen LogP contribution in [-0.4, -0.2) is 53.6 Å². The molecule has 0 aliphatic carbocycles. The fourth-order valence-electron chi connectivity index (χ4n) is 4.70. The molecular formula is C26H35N5O. The predicted octanol–water partition coefficient (Wildman–Crippen LogP) is 3.36. The Labute approximate surface area is 191 Å². The molecule has 1 aliphatic heterocycles. The first-order chi connectivity index (χ1) is 15.4. The molecule has 1 amide bonds. The summed E-state index contributed by atoms with van der Waals surface area (Å²) in [5.41, 5.74) is 5.01. The number of nitrogens with zero attached hydrogens (tertiary/aromatic N) is 3. The van der Waals surface area contributed by atoms with E-state index in [1.165, 1.54) is 27.6 Å². The van der Waals surface area contributed by atoms with E-state index in [2.05, 4.69) is 75.5 Å². The maximum absolute atomic E-state index is 13.1. The van der Waals surface area contributed by atoms with E-state index in [9.17, 15) is 4.79 Å². The summed E-state index contributed by atoms with van der Waals surface area (Å²) in [6.45, 7) is 6.78. The van der Waals surface area contributed by atoms with Crippen molar-refractivity contribution < 1.29 is 4.79 Å². The first-order valence-electron chi connectivity index (χ1n) is 11.6. The van der Waals surface area contributed by atoms with Gasteiger partial charge in [0.05, 0.1) is 6.04 Å². The molecule has 2 aromatic heterocycles. The zero-order valence-corrected chi connectivity index (χ0v) is 19.6. The Morgan fingerprint density at radius 2 is 2.03 bits per heavy atom. The number of rotatable bonds is 8. The summed E-state index contributed by atoms with van der Waals surface area (Å²) in [6.07, 6.45) is 7.61. The van der Waals surface area contributed by atoms with Gasteiger partial charge in [-0.3, -0.25) is 15.1 Å². The Kier molecular flexibility index (Phi) is 6.92. The van der Waals surface area contributed by atoms with Crippen LogP contribution in [0.1, 0.15) is 43.0 Å². The molecule has 0 bridgehead atoms. The molecule has 6 heteroatoms. The molecule has 0 radical (unpaired) electrons. The lowest BCUT2D eigenvalue weighted by Gasteiger charge is -2.25. The van der Waals surface area contributed by atoms with Crippen LogP contribution in [0.4, 0.5) is 0 Å². The van der Waals surface area contributed by atoms with Gasteiger partial charge < -0.3 is 14.8 Å². The zero-order chi connectivity index (χ0) is 22.7. The van der Waals surface area contributed by atoms with Gasteiger partial charge in [0, 0.05) is 55.2 Å². The van der Waals surface area contributed by atoms with E-state index >= 15 is 0 Å². The van der Waals surface area contributed by atoms with Crippen molar-refractivity contribution in [3.8, 4) is 0 Å². The first kappa shape index (κ1) is 22.5. The Morgan fingerprint density at radius 1 is 1.25 bits per heavy atom. The molecule has 170 valence electrons. The first-order valence-corrected chi connectivity index (χ1v) is 11.6. The summed E-state index contributed by atoms with van der Waals surface area (Å²) < 4.78 is 2.32. The molecule has 3 aromatic rings. The number of benzene rings is 1. The van der Waals surface area contributed by atoms with Crippen LogP contribution in [0.15, 0.2) is 48.9 Å². The van der Waals surface area contributed by atoms with Crippen LogP contribution >= 0.6 is 0 Å². The second-order valence-corrected chi connectivity index (χ2v) is 9.58. The largest absolute Gasteiger partial charge is 0.353 e. The van der Waals surface area contributed by atoms with Crippen molar-refractivity contribution >= 4 is 16.8 Å².